The molecule has 0 unspecified atom stereocenters. The minimum atomic E-state index is -0.0860. The first-order valence-corrected chi connectivity index (χ1v) is 4.59. The lowest BCUT2D eigenvalue weighted by Gasteiger charge is -2.04. The average molecular weight is 210 g/mol. The van der Waals surface area contributed by atoms with Crippen molar-refractivity contribution in [2.24, 2.45) is 0 Å². The Bertz CT molecular complexity index is 440. The molecule has 1 aromatic rings. The van der Waals surface area contributed by atoms with Crippen LogP contribution in [0.4, 0.5) is 5.69 Å². The van der Waals surface area contributed by atoms with E-state index in [-0.39, 0.29) is 18.1 Å². The minimum Gasteiger partial charge on any atom is -0.325 e. The van der Waals surface area contributed by atoms with E-state index < -0.39 is 0 Å². The van der Waals surface area contributed by atoms with Crippen LogP contribution >= 0.6 is 11.6 Å². The Labute approximate surface area is 86.1 Å². The van der Waals surface area contributed by atoms with Gasteiger partial charge in [-0.25, -0.2) is 0 Å². The number of anilines is 1. The predicted octanol–water partition coefficient (Wildman–Crippen LogP) is 2.04. The van der Waals surface area contributed by atoms with Gasteiger partial charge in [0, 0.05) is 16.8 Å². The Morgan fingerprint density at radius 3 is 2.86 bits per heavy atom. The number of ketones is 1. The SMILES string of the molecule is CC(=O)c1ccc2c(c1Cl)CC(=O)N2. The normalized spacial score (nSPS) is 13.7. The zero-order valence-corrected chi connectivity index (χ0v) is 8.31. The van der Waals surface area contributed by atoms with E-state index in [4.69, 9.17) is 11.6 Å². The van der Waals surface area contributed by atoms with Crippen molar-refractivity contribution in [3.05, 3.63) is 28.3 Å². The van der Waals surface area contributed by atoms with Gasteiger partial charge in [0.1, 0.15) is 0 Å². The van der Waals surface area contributed by atoms with Gasteiger partial charge in [0.05, 0.1) is 11.4 Å². The molecule has 0 saturated carbocycles. The van der Waals surface area contributed by atoms with Crippen molar-refractivity contribution in [2.75, 3.05) is 5.32 Å². The molecule has 0 radical (unpaired) electrons. The number of amides is 1. The van der Waals surface area contributed by atoms with E-state index in [1.165, 1.54) is 6.92 Å². The van der Waals surface area contributed by atoms with Gasteiger partial charge >= 0.3 is 0 Å². The van der Waals surface area contributed by atoms with Crippen LogP contribution in [0.2, 0.25) is 5.02 Å². The molecule has 1 N–H and O–H groups in total. The molecule has 72 valence electrons. The molecule has 3 nitrogen and oxygen atoms in total. The third kappa shape index (κ3) is 1.30. The van der Waals surface area contributed by atoms with E-state index in [1.54, 1.807) is 12.1 Å². The molecule has 1 aromatic carbocycles. The van der Waals surface area contributed by atoms with Gasteiger partial charge in [-0.3, -0.25) is 9.59 Å². The number of hydrogen-bond donors (Lipinski definition) is 1. The van der Waals surface area contributed by atoms with Crippen LogP contribution in [-0.2, 0) is 11.2 Å². The van der Waals surface area contributed by atoms with Crippen LogP contribution in [0.25, 0.3) is 0 Å². The highest BCUT2D eigenvalue weighted by Gasteiger charge is 2.22. The smallest absolute Gasteiger partial charge is 0.228 e. The minimum absolute atomic E-state index is 0.0809. The molecule has 4 heteroatoms. The Hall–Kier alpha value is -1.35. The zero-order valence-electron chi connectivity index (χ0n) is 7.56. The quantitative estimate of drug-likeness (QED) is 0.720. The van der Waals surface area contributed by atoms with Crippen LogP contribution in [0.3, 0.4) is 0 Å². The first-order chi connectivity index (χ1) is 6.59. The number of hydrogen-bond acceptors (Lipinski definition) is 2. The summed E-state index contributed by atoms with van der Waals surface area (Å²) in [5.41, 5.74) is 1.91. The first-order valence-electron chi connectivity index (χ1n) is 4.22. The lowest BCUT2D eigenvalue weighted by atomic mass is 10.1. The molecule has 0 spiro atoms. The summed E-state index contributed by atoms with van der Waals surface area (Å²) in [6.45, 7) is 1.46. The number of benzene rings is 1. The Morgan fingerprint density at radius 2 is 2.21 bits per heavy atom. The third-order valence-corrected chi connectivity index (χ3v) is 2.67. The van der Waals surface area contributed by atoms with Gasteiger partial charge < -0.3 is 5.32 Å². The predicted molar refractivity (Wildman–Crippen MR) is 53.8 cm³/mol. The summed E-state index contributed by atoms with van der Waals surface area (Å²) in [4.78, 5) is 22.2. The fourth-order valence-electron chi connectivity index (χ4n) is 1.54. The molecule has 1 amide bonds. The summed E-state index contributed by atoms with van der Waals surface area (Å²) >= 11 is 6.00. The van der Waals surface area contributed by atoms with Crippen molar-refractivity contribution in [1.29, 1.82) is 0 Å². The fraction of sp³-hybridized carbons (Fsp3) is 0.200. The monoisotopic (exact) mass is 209 g/mol. The summed E-state index contributed by atoms with van der Waals surface area (Å²) in [6, 6.07) is 3.35. The molecule has 1 heterocycles. The summed E-state index contributed by atoms with van der Waals surface area (Å²) in [7, 11) is 0. The number of halogens is 1. The van der Waals surface area contributed by atoms with Gasteiger partial charge in [0.15, 0.2) is 5.78 Å². The van der Waals surface area contributed by atoms with Crippen molar-refractivity contribution in [3.8, 4) is 0 Å². The standard InChI is InChI=1S/C10H8ClNO2/c1-5(13)6-2-3-8-7(10(6)11)4-9(14)12-8/h2-3H,4H2,1H3,(H,12,14). The topological polar surface area (TPSA) is 46.2 Å². The molecule has 0 bridgehead atoms. The molecule has 14 heavy (non-hydrogen) atoms. The highest BCUT2D eigenvalue weighted by Crippen LogP contribution is 2.32. The maximum absolute atomic E-state index is 11.2. The van der Waals surface area contributed by atoms with Gasteiger partial charge in [0.25, 0.3) is 0 Å². The second kappa shape index (κ2) is 3.10. The summed E-state index contributed by atoms with van der Waals surface area (Å²) < 4.78 is 0. The molecule has 1 aliphatic heterocycles. The van der Waals surface area contributed by atoms with Gasteiger partial charge in [-0.15, -0.1) is 0 Å². The van der Waals surface area contributed by atoms with Crippen LogP contribution in [0.1, 0.15) is 22.8 Å². The van der Waals surface area contributed by atoms with E-state index in [0.717, 1.165) is 5.56 Å². The number of Topliss-reactive ketones (excluding diaryl/α,β-unsaturated/α-hetero) is 1. The highest BCUT2D eigenvalue weighted by atomic mass is 35.5. The molecule has 0 saturated heterocycles. The largest absolute Gasteiger partial charge is 0.325 e. The zero-order chi connectivity index (χ0) is 10.3. The van der Waals surface area contributed by atoms with Crippen molar-refractivity contribution in [1.82, 2.24) is 0 Å². The summed E-state index contributed by atoms with van der Waals surface area (Å²) in [5, 5.41) is 3.07. The first kappa shape index (κ1) is 9.21. The lowest BCUT2D eigenvalue weighted by molar-refractivity contribution is -0.115. The molecular formula is C10H8ClNO2. The maximum Gasteiger partial charge on any atom is 0.228 e. The number of fused-ring (bicyclic) bond motifs is 1. The Morgan fingerprint density at radius 1 is 1.50 bits per heavy atom. The average Bonchev–Trinajstić information content (AvgIpc) is 2.46. The molecule has 0 atom stereocenters. The van der Waals surface area contributed by atoms with Crippen molar-refractivity contribution in [3.63, 3.8) is 0 Å². The van der Waals surface area contributed by atoms with Crippen LogP contribution in [0.15, 0.2) is 12.1 Å². The van der Waals surface area contributed by atoms with Gasteiger partial charge in [-0.05, 0) is 19.1 Å². The molecule has 0 fully saturated rings. The Balaban J connectivity index is 2.59. The van der Waals surface area contributed by atoms with Gasteiger partial charge in [-0.1, -0.05) is 11.6 Å². The second-order valence-electron chi connectivity index (χ2n) is 3.23. The molecule has 1 aliphatic rings. The van der Waals surface area contributed by atoms with E-state index >= 15 is 0 Å². The van der Waals surface area contributed by atoms with Crippen molar-refractivity contribution in [2.45, 2.75) is 13.3 Å². The van der Waals surface area contributed by atoms with Crippen LogP contribution in [0, 0.1) is 0 Å². The molecule has 2 rings (SSSR count). The second-order valence-corrected chi connectivity index (χ2v) is 3.61. The number of rotatable bonds is 1. The van der Waals surface area contributed by atoms with Crippen molar-refractivity contribution < 1.29 is 9.59 Å². The van der Waals surface area contributed by atoms with E-state index in [9.17, 15) is 9.59 Å². The molecular weight excluding hydrogens is 202 g/mol. The Kier molecular flexibility index (Phi) is 2.04. The van der Waals surface area contributed by atoms with Gasteiger partial charge in [0.2, 0.25) is 5.91 Å². The molecule has 0 aliphatic carbocycles. The van der Waals surface area contributed by atoms with E-state index in [0.29, 0.717) is 16.3 Å². The number of nitrogens with one attached hydrogen (secondary N) is 1. The lowest BCUT2D eigenvalue weighted by Crippen LogP contribution is -2.03. The fourth-order valence-corrected chi connectivity index (χ4v) is 1.90. The van der Waals surface area contributed by atoms with E-state index in [2.05, 4.69) is 5.32 Å². The van der Waals surface area contributed by atoms with Crippen LogP contribution < -0.4 is 5.32 Å². The number of carbonyl (C=O) groups is 2. The summed E-state index contributed by atoms with van der Waals surface area (Å²) in [6.07, 6.45) is 0.259. The maximum atomic E-state index is 11.2. The van der Waals surface area contributed by atoms with Crippen LogP contribution in [0.5, 0.6) is 0 Å². The van der Waals surface area contributed by atoms with E-state index in [1.807, 2.05) is 0 Å². The molecule has 0 aromatic heterocycles. The highest BCUT2D eigenvalue weighted by molar-refractivity contribution is 6.35. The van der Waals surface area contributed by atoms with Crippen molar-refractivity contribution >= 4 is 29.0 Å². The van der Waals surface area contributed by atoms with Gasteiger partial charge in [-0.2, -0.15) is 0 Å². The third-order valence-electron chi connectivity index (χ3n) is 2.23. The van der Waals surface area contributed by atoms with Crippen LogP contribution in [-0.4, -0.2) is 11.7 Å². The number of carbonyl (C=O) groups excluding carboxylic acids is 2. The summed E-state index contributed by atoms with van der Waals surface area (Å²) in [5.74, 6) is -0.167.